The molecule has 1 aliphatic carbocycles. The lowest BCUT2D eigenvalue weighted by Crippen LogP contribution is -2.35. The molecule has 14 nitrogen and oxygen atoms in total. The Kier molecular flexibility index (Phi) is 23.5. The van der Waals surface area contributed by atoms with Crippen LogP contribution in [0.25, 0.3) is 11.1 Å². The zero-order valence-electron chi connectivity index (χ0n) is 33.7. The normalized spacial score (nSPS) is 12.9. The number of hydrogen-bond donors (Lipinski definition) is 1. The van der Waals surface area contributed by atoms with E-state index < -0.39 is 23.5 Å². The average molecular weight is 790 g/mol. The summed E-state index contributed by atoms with van der Waals surface area (Å²) in [5.74, 6) is -2.14. The van der Waals surface area contributed by atoms with Crippen LogP contribution in [0.5, 0.6) is 0 Å². The third-order valence-electron chi connectivity index (χ3n) is 8.48. The van der Waals surface area contributed by atoms with Gasteiger partial charge >= 0.3 is 11.9 Å². The molecule has 0 saturated heterocycles. The highest BCUT2D eigenvalue weighted by Crippen LogP contribution is 2.44. The number of carbonyl (C=O) groups is 3. The van der Waals surface area contributed by atoms with Gasteiger partial charge in [0.05, 0.1) is 106 Å². The minimum Gasteiger partial charge on any atom is -0.465 e. The second kappa shape index (κ2) is 28.0. The maximum absolute atomic E-state index is 13.2. The van der Waals surface area contributed by atoms with Crippen LogP contribution in [0.4, 0.5) is 0 Å². The number of esters is 2. The van der Waals surface area contributed by atoms with Crippen molar-refractivity contribution in [2.75, 3.05) is 119 Å². The van der Waals surface area contributed by atoms with E-state index in [2.05, 4.69) is 29.6 Å². The molecule has 0 heterocycles. The number of ether oxygens (including phenoxy) is 10. The van der Waals surface area contributed by atoms with Crippen molar-refractivity contribution in [1.82, 2.24) is 5.32 Å². The Morgan fingerprint density at radius 1 is 0.607 bits per heavy atom. The lowest BCUT2D eigenvalue weighted by Gasteiger charge is -2.21. The van der Waals surface area contributed by atoms with Crippen molar-refractivity contribution in [3.05, 3.63) is 59.7 Å². The highest BCUT2D eigenvalue weighted by molar-refractivity contribution is 5.84. The van der Waals surface area contributed by atoms with Crippen LogP contribution in [-0.2, 0) is 61.8 Å². The molecule has 0 spiro atoms. The zero-order valence-corrected chi connectivity index (χ0v) is 33.7. The second-order valence-corrected chi connectivity index (χ2v) is 14.0. The Morgan fingerprint density at radius 3 is 1.48 bits per heavy atom. The predicted molar refractivity (Wildman–Crippen MR) is 208 cm³/mol. The largest absolute Gasteiger partial charge is 0.465 e. The maximum Gasteiger partial charge on any atom is 0.306 e. The predicted octanol–water partition coefficient (Wildman–Crippen LogP) is 4.35. The summed E-state index contributed by atoms with van der Waals surface area (Å²) in [6, 6.07) is 16.2. The molecule has 0 saturated carbocycles. The van der Waals surface area contributed by atoms with E-state index in [1.807, 2.05) is 24.3 Å². The molecule has 56 heavy (non-hydrogen) atoms. The Balaban J connectivity index is 1.23. The molecule has 0 radical (unpaired) electrons. The van der Waals surface area contributed by atoms with Crippen LogP contribution < -0.4 is 5.32 Å². The summed E-state index contributed by atoms with van der Waals surface area (Å²) in [6.07, 6.45) is -0.0210. The fraction of sp³-hybridized carbons (Fsp3) is 0.643. The van der Waals surface area contributed by atoms with Crippen LogP contribution in [0, 0.1) is 5.92 Å². The molecular weight excluding hydrogens is 726 g/mol. The average Bonchev–Trinajstić information content (AvgIpc) is 3.50. The molecule has 0 aliphatic heterocycles. The molecule has 1 atom stereocenters. The van der Waals surface area contributed by atoms with E-state index in [0.29, 0.717) is 92.5 Å². The molecule has 0 fully saturated rings. The van der Waals surface area contributed by atoms with Gasteiger partial charge in [0.25, 0.3) is 0 Å². The first-order valence-electron chi connectivity index (χ1n) is 19.6. The van der Waals surface area contributed by atoms with Crippen LogP contribution in [0.15, 0.2) is 48.5 Å². The van der Waals surface area contributed by atoms with Crippen molar-refractivity contribution in [1.29, 1.82) is 0 Å². The van der Waals surface area contributed by atoms with Crippen LogP contribution >= 0.6 is 0 Å². The van der Waals surface area contributed by atoms with Gasteiger partial charge in [0.2, 0.25) is 5.91 Å². The Hall–Kier alpha value is -3.47. The smallest absolute Gasteiger partial charge is 0.306 e. The topological polar surface area (TPSA) is 156 Å². The van der Waals surface area contributed by atoms with Crippen molar-refractivity contribution in [2.45, 2.75) is 51.6 Å². The van der Waals surface area contributed by atoms with Gasteiger partial charge < -0.3 is 52.7 Å². The molecule has 1 N–H and O–H groups in total. The number of rotatable bonds is 32. The fourth-order valence-electron chi connectivity index (χ4n) is 5.84. The molecule has 2 aromatic rings. The van der Waals surface area contributed by atoms with Crippen LogP contribution in [0.2, 0.25) is 0 Å². The summed E-state index contributed by atoms with van der Waals surface area (Å²) in [4.78, 5) is 38.8. The third kappa shape index (κ3) is 19.6. The summed E-state index contributed by atoms with van der Waals surface area (Å²) in [5, 5.41) is 2.83. The fourth-order valence-corrected chi connectivity index (χ4v) is 5.84. The van der Waals surface area contributed by atoms with E-state index in [1.165, 1.54) is 0 Å². The molecule has 2 aromatic carbocycles. The van der Waals surface area contributed by atoms with E-state index in [9.17, 15) is 14.4 Å². The van der Waals surface area contributed by atoms with Gasteiger partial charge in [0, 0.05) is 31.9 Å². The highest BCUT2D eigenvalue weighted by atomic mass is 16.6. The minimum absolute atomic E-state index is 0.00417. The first-order chi connectivity index (χ1) is 27.2. The number of methoxy groups -OCH3 is 1. The molecule has 0 bridgehead atoms. The van der Waals surface area contributed by atoms with Crippen molar-refractivity contribution in [3.63, 3.8) is 0 Å². The van der Waals surface area contributed by atoms with E-state index in [-0.39, 0.29) is 50.8 Å². The Labute approximate surface area is 332 Å². The third-order valence-corrected chi connectivity index (χ3v) is 8.48. The number of carbonyl (C=O) groups excluding carboxylic acids is 3. The van der Waals surface area contributed by atoms with Gasteiger partial charge in [0.1, 0.15) is 12.2 Å². The first kappa shape index (κ1) is 46.9. The highest BCUT2D eigenvalue weighted by Gasteiger charge is 2.30. The van der Waals surface area contributed by atoms with Gasteiger partial charge in [-0.2, -0.15) is 0 Å². The lowest BCUT2D eigenvalue weighted by molar-refractivity contribution is -0.156. The van der Waals surface area contributed by atoms with Gasteiger partial charge in [-0.15, -0.1) is 0 Å². The van der Waals surface area contributed by atoms with E-state index in [0.717, 1.165) is 22.3 Å². The quantitative estimate of drug-likeness (QED) is 0.0826. The molecule has 1 aliphatic rings. The van der Waals surface area contributed by atoms with Crippen molar-refractivity contribution < 1.29 is 61.8 Å². The number of hydrogen-bond acceptors (Lipinski definition) is 13. The first-order valence-corrected chi connectivity index (χ1v) is 19.6. The van der Waals surface area contributed by atoms with Gasteiger partial charge in [-0.3, -0.25) is 14.4 Å². The molecule has 14 heteroatoms. The summed E-state index contributed by atoms with van der Waals surface area (Å²) in [5.41, 5.74) is 3.82. The molecular formula is C42H63NO13. The van der Waals surface area contributed by atoms with Gasteiger partial charge in [0.15, 0.2) is 0 Å². The summed E-state index contributed by atoms with van der Waals surface area (Å²) in [6.45, 7) is 12.6. The number of amides is 1. The Bertz CT molecular complexity index is 1350. The molecule has 3 rings (SSSR count). The van der Waals surface area contributed by atoms with Crippen molar-refractivity contribution >= 4 is 17.8 Å². The number of benzene rings is 2. The second-order valence-electron chi connectivity index (χ2n) is 14.0. The van der Waals surface area contributed by atoms with Crippen LogP contribution in [0.1, 0.15) is 57.1 Å². The zero-order chi connectivity index (χ0) is 40.3. The summed E-state index contributed by atoms with van der Waals surface area (Å²) in [7, 11) is 1.64. The number of fused-ring (bicyclic) bond motifs is 3. The number of nitrogens with one attached hydrogen (secondary N) is 1. The minimum atomic E-state index is -0.770. The standard InChI is InChI=1S/C42H63NO13/c1-42(2,3)56-39(44)14-13-33(31-40(45)55-32-38-36-11-7-5-9-34(36)35-10-6-8-12-37(35)38)41(46)43-15-16-48-19-20-50-23-24-52-27-28-54-30-29-53-26-25-51-22-21-49-18-17-47-4/h5-12,33,38H,13-32H2,1-4H3,(H,43,46)/t33-/m1/s1. The van der Waals surface area contributed by atoms with Crippen molar-refractivity contribution in [2.24, 2.45) is 5.92 Å². The van der Waals surface area contributed by atoms with E-state index in [4.69, 9.17) is 47.4 Å². The van der Waals surface area contributed by atoms with Crippen LogP contribution in [0.3, 0.4) is 0 Å². The SMILES string of the molecule is COCCOCCOCCOCCOCCOCCOCCOCCNC(=O)[C@H](CCC(=O)OC(C)(C)C)CC(=O)OCC1c2ccccc2-c2ccccc21. The van der Waals surface area contributed by atoms with Crippen LogP contribution in [-0.4, -0.2) is 143 Å². The summed E-state index contributed by atoms with van der Waals surface area (Å²) >= 11 is 0. The van der Waals surface area contributed by atoms with Gasteiger partial charge in [-0.1, -0.05) is 48.5 Å². The van der Waals surface area contributed by atoms with Crippen molar-refractivity contribution in [3.8, 4) is 11.1 Å². The summed E-state index contributed by atoms with van der Waals surface area (Å²) < 4.78 is 54.4. The lowest BCUT2D eigenvalue weighted by atomic mass is 9.97. The van der Waals surface area contributed by atoms with E-state index in [1.54, 1.807) is 27.9 Å². The Morgan fingerprint density at radius 2 is 1.04 bits per heavy atom. The maximum atomic E-state index is 13.2. The molecule has 0 aromatic heterocycles. The monoisotopic (exact) mass is 789 g/mol. The van der Waals surface area contributed by atoms with Gasteiger partial charge in [-0.25, -0.2) is 0 Å². The van der Waals surface area contributed by atoms with Gasteiger partial charge in [-0.05, 0) is 49.4 Å². The molecule has 1 amide bonds. The molecule has 314 valence electrons. The molecule has 0 unspecified atom stereocenters. The van der Waals surface area contributed by atoms with E-state index >= 15 is 0 Å².